The number of carbonyl (C=O) groups excluding carboxylic acids is 4. The van der Waals surface area contributed by atoms with Crippen molar-refractivity contribution in [3.8, 4) is 34.5 Å². The van der Waals surface area contributed by atoms with E-state index in [9.17, 15) is 19.2 Å². The number of hydrogen-bond acceptors (Lipinski definition) is 12. The number of unbranched alkanes of at least 4 members (excludes halogenated alkanes) is 24. The van der Waals surface area contributed by atoms with Gasteiger partial charge in [0.25, 0.3) is 0 Å². The number of esters is 2. The van der Waals surface area contributed by atoms with Crippen molar-refractivity contribution in [1.82, 2.24) is 0 Å². The molecule has 0 N–H and O–H groups in total. The van der Waals surface area contributed by atoms with Gasteiger partial charge in [0.1, 0.15) is 11.5 Å². The zero-order chi connectivity index (χ0) is 58.2. The van der Waals surface area contributed by atoms with Gasteiger partial charge in [0.05, 0.1) is 38.3 Å². The first-order chi connectivity index (χ1) is 40.2. The summed E-state index contributed by atoms with van der Waals surface area (Å²) in [6.07, 6.45) is 35.6. The van der Waals surface area contributed by atoms with Gasteiger partial charge in [-0.2, -0.15) is 0 Å². The molecule has 0 heterocycles. The number of hydrogen-bond donors (Lipinski definition) is 0. The predicted molar refractivity (Wildman–Crippen MR) is 337 cm³/mol. The summed E-state index contributed by atoms with van der Waals surface area (Å²) in [6.45, 7) is 11.3. The van der Waals surface area contributed by atoms with Crippen molar-refractivity contribution in [3.05, 3.63) is 96.1 Å². The number of rotatable bonds is 44. The summed E-state index contributed by atoms with van der Waals surface area (Å²) in [5, 5.41) is -0.235. The average Bonchev–Trinajstić information content (AvgIpc) is 3.50. The average molecular weight is 1170 g/mol. The summed E-state index contributed by atoms with van der Waals surface area (Å²) in [5.41, 5.74) is 1.06. The van der Waals surface area contributed by atoms with Gasteiger partial charge < -0.3 is 28.4 Å². The fraction of sp³-hybridized carbons (Fsp3) is 0.600. The van der Waals surface area contributed by atoms with Gasteiger partial charge in [-0.15, -0.1) is 0 Å². The van der Waals surface area contributed by atoms with Crippen molar-refractivity contribution < 1.29 is 47.6 Å². The Kier molecular flexibility index (Phi) is 34.7. The molecular formula is C70H100O10S2. The highest BCUT2D eigenvalue weighted by Gasteiger charge is 2.32. The molecule has 1 fully saturated rings. The second-order valence-corrected chi connectivity index (χ2v) is 24.4. The number of ether oxygens (including phenoxy) is 6. The summed E-state index contributed by atoms with van der Waals surface area (Å²) in [7, 11) is 0. The number of thioether (sulfide) groups is 2. The number of benzene rings is 4. The fourth-order valence-electron chi connectivity index (χ4n) is 10.1. The monoisotopic (exact) mass is 1160 g/mol. The summed E-state index contributed by atoms with van der Waals surface area (Å²) >= 11 is 2.23. The molecule has 0 spiro atoms. The van der Waals surface area contributed by atoms with Crippen molar-refractivity contribution in [2.75, 3.05) is 26.4 Å². The maximum atomic E-state index is 13.6. The second-order valence-electron chi connectivity index (χ2n) is 22.3. The van der Waals surface area contributed by atoms with E-state index < -0.39 is 0 Å². The van der Waals surface area contributed by atoms with E-state index >= 15 is 0 Å². The van der Waals surface area contributed by atoms with Crippen LogP contribution in [0.2, 0.25) is 0 Å². The predicted octanol–water partition coefficient (Wildman–Crippen LogP) is 20.4. The van der Waals surface area contributed by atoms with Crippen LogP contribution in [0.15, 0.2) is 94.7 Å². The molecule has 0 aliphatic heterocycles. The summed E-state index contributed by atoms with van der Waals surface area (Å²) in [5.74, 6) is 2.02. The molecule has 0 saturated heterocycles. The van der Waals surface area contributed by atoms with Gasteiger partial charge in [-0.1, -0.05) is 182 Å². The van der Waals surface area contributed by atoms with E-state index in [2.05, 4.69) is 27.7 Å². The Bertz CT molecular complexity index is 2230. The Hall–Kier alpha value is -4.94. The zero-order valence-corrected chi connectivity index (χ0v) is 52.2. The summed E-state index contributed by atoms with van der Waals surface area (Å²) in [6, 6.07) is 24.9. The van der Waals surface area contributed by atoms with Crippen molar-refractivity contribution >= 4 is 45.7 Å². The standard InChI is InChI=1S/C70H100O10S2/c1-5-9-13-17-21-25-29-49-75-63-47-37-57(53-65(63)77-51-31-27-23-19-15-11-7-3)69(73)81-61-43-39-59(40-44-61)79-67(71)55-33-35-56(36-34-55)68(72)80-60-41-45-62(46-42-60)82-70(74)58-38-48-64(76-50-30-26-22-18-14-10-6-2)66(54-58)78-52-32-28-24-20-16-12-8-4/h37-48,53-56H,5-36,49-52H2,1-4H3. The molecular weight excluding hydrogens is 1060 g/mol. The molecule has 10 nitrogen and oxygen atoms in total. The highest BCUT2D eigenvalue weighted by atomic mass is 32.2. The highest BCUT2D eigenvalue weighted by Crippen LogP contribution is 2.36. The topological polar surface area (TPSA) is 124 Å². The van der Waals surface area contributed by atoms with E-state index in [1.807, 2.05) is 12.1 Å². The molecule has 1 aliphatic carbocycles. The van der Waals surface area contributed by atoms with Crippen LogP contribution in [-0.2, 0) is 9.59 Å². The Balaban J connectivity index is 1.04. The Labute approximate surface area is 502 Å². The zero-order valence-electron chi connectivity index (χ0n) is 50.6. The van der Waals surface area contributed by atoms with Crippen molar-refractivity contribution in [2.24, 2.45) is 11.8 Å². The SMILES string of the molecule is CCCCCCCCCOc1ccc(C(=O)Sc2ccc(OC(=O)C3CCC(C(=O)Oc4ccc(SC(=O)c5ccc(OCCCCCCCCC)c(OCCCCCCCCC)c5)cc4)CC3)cc2)cc1OCCCCCCCCC. The van der Waals surface area contributed by atoms with Crippen LogP contribution in [0.3, 0.4) is 0 Å². The minimum atomic E-state index is -0.343. The van der Waals surface area contributed by atoms with Gasteiger partial charge in [0.15, 0.2) is 23.0 Å². The maximum absolute atomic E-state index is 13.6. The quantitative estimate of drug-likeness (QED) is 0.0181. The van der Waals surface area contributed by atoms with Gasteiger partial charge >= 0.3 is 11.9 Å². The molecule has 0 unspecified atom stereocenters. The van der Waals surface area contributed by atoms with E-state index in [1.54, 1.807) is 72.8 Å². The lowest BCUT2D eigenvalue weighted by Gasteiger charge is -2.25. The van der Waals surface area contributed by atoms with Crippen LogP contribution in [0.25, 0.3) is 0 Å². The lowest BCUT2D eigenvalue weighted by molar-refractivity contribution is -0.145. The van der Waals surface area contributed by atoms with Gasteiger partial charge in [-0.05, 0) is 160 Å². The molecule has 0 bridgehead atoms. The molecule has 0 amide bonds. The minimum absolute atomic E-state index is 0.117. The van der Waals surface area contributed by atoms with E-state index in [0.717, 1.165) is 84.7 Å². The lowest BCUT2D eigenvalue weighted by atomic mass is 9.82. The third-order valence-corrected chi connectivity index (χ3v) is 17.1. The molecule has 0 atom stereocenters. The lowest BCUT2D eigenvalue weighted by Crippen LogP contribution is -2.30. The van der Waals surface area contributed by atoms with E-state index in [1.165, 1.54) is 128 Å². The maximum Gasteiger partial charge on any atom is 0.314 e. The summed E-state index contributed by atoms with van der Waals surface area (Å²) in [4.78, 5) is 55.2. The third kappa shape index (κ3) is 27.2. The van der Waals surface area contributed by atoms with Crippen LogP contribution in [-0.4, -0.2) is 48.6 Å². The van der Waals surface area contributed by atoms with Crippen molar-refractivity contribution in [2.45, 2.75) is 243 Å². The molecule has 1 saturated carbocycles. The van der Waals surface area contributed by atoms with Crippen LogP contribution in [0.4, 0.5) is 0 Å². The first-order valence-corrected chi connectivity index (χ1v) is 33.7. The van der Waals surface area contributed by atoms with Crippen LogP contribution < -0.4 is 28.4 Å². The van der Waals surface area contributed by atoms with Gasteiger partial charge in [0.2, 0.25) is 10.2 Å². The Morgan fingerprint density at radius 2 is 0.610 bits per heavy atom. The minimum Gasteiger partial charge on any atom is -0.490 e. The fourth-order valence-corrected chi connectivity index (χ4v) is 11.6. The van der Waals surface area contributed by atoms with E-state index in [-0.39, 0.29) is 34.0 Å². The van der Waals surface area contributed by atoms with E-state index in [4.69, 9.17) is 28.4 Å². The molecule has 0 aromatic heterocycles. The van der Waals surface area contributed by atoms with E-state index in [0.29, 0.717) is 97.7 Å². The van der Waals surface area contributed by atoms with Crippen LogP contribution >= 0.6 is 23.5 Å². The third-order valence-electron chi connectivity index (χ3n) is 15.3. The highest BCUT2D eigenvalue weighted by molar-refractivity contribution is 8.14. The first-order valence-electron chi connectivity index (χ1n) is 32.1. The van der Waals surface area contributed by atoms with Gasteiger partial charge in [-0.3, -0.25) is 19.2 Å². The molecule has 82 heavy (non-hydrogen) atoms. The largest absolute Gasteiger partial charge is 0.490 e. The Morgan fingerprint density at radius 1 is 0.341 bits per heavy atom. The van der Waals surface area contributed by atoms with Crippen LogP contribution in [0.1, 0.15) is 254 Å². The Morgan fingerprint density at radius 3 is 0.902 bits per heavy atom. The molecule has 4 aromatic carbocycles. The molecule has 1 aliphatic rings. The van der Waals surface area contributed by atoms with Crippen molar-refractivity contribution in [1.29, 1.82) is 0 Å². The van der Waals surface area contributed by atoms with Crippen LogP contribution in [0.5, 0.6) is 34.5 Å². The first kappa shape index (κ1) is 67.8. The summed E-state index contributed by atoms with van der Waals surface area (Å²) < 4.78 is 36.5. The van der Waals surface area contributed by atoms with Crippen LogP contribution in [0, 0.1) is 11.8 Å². The molecule has 0 radical (unpaired) electrons. The molecule has 5 rings (SSSR count). The molecule has 452 valence electrons. The second kappa shape index (κ2) is 42.0. The number of carbonyl (C=O) groups is 4. The van der Waals surface area contributed by atoms with Crippen molar-refractivity contribution in [3.63, 3.8) is 0 Å². The van der Waals surface area contributed by atoms with Gasteiger partial charge in [-0.25, -0.2) is 0 Å². The smallest absolute Gasteiger partial charge is 0.314 e. The normalized spacial score (nSPS) is 14.0. The molecule has 4 aromatic rings. The molecule has 12 heteroatoms. The van der Waals surface area contributed by atoms with Gasteiger partial charge in [0, 0.05) is 20.9 Å².